The van der Waals surface area contributed by atoms with Gasteiger partial charge >= 0.3 is 5.97 Å². The van der Waals surface area contributed by atoms with Crippen LogP contribution in [0, 0.1) is 0 Å². The highest BCUT2D eigenvalue weighted by atomic mass is 16.4. The molecule has 2 heterocycles. The number of hydrogen-bond acceptors (Lipinski definition) is 4. The van der Waals surface area contributed by atoms with Crippen molar-refractivity contribution in [1.82, 2.24) is 25.4 Å². The number of carbonyl (C=O) groups is 1. The maximum absolute atomic E-state index is 11.1. The van der Waals surface area contributed by atoms with Gasteiger partial charge in [0.15, 0.2) is 5.69 Å². The largest absolute Gasteiger partial charge is 0.476 e. The van der Waals surface area contributed by atoms with Crippen LogP contribution in [-0.2, 0) is 0 Å². The molecule has 2 aromatic carbocycles. The van der Waals surface area contributed by atoms with Crippen LogP contribution in [0.3, 0.4) is 0 Å². The molecule has 0 aliphatic carbocycles. The van der Waals surface area contributed by atoms with Gasteiger partial charge in [-0.3, -0.25) is 5.10 Å². The summed E-state index contributed by atoms with van der Waals surface area (Å²) in [6, 6.07) is 13.5. The van der Waals surface area contributed by atoms with Crippen LogP contribution < -0.4 is 0 Å². The molecule has 4 rings (SSSR count). The maximum Gasteiger partial charge on any atom is 0.356 e. The summed E-state index contributed by atoms with van der Waals surface area (Å²) in [5, 5.41) is 18.9. The Morgan fingerprint density at radius 1 is 1.00 bits per heavy atom. The molecule has 7 heteroatoms. The summed E-state index contributed by atoms with van der Waals surface area (Å²) < 4.78 is 0. The lowest BCUT2D eigenvalue weighted by molar-refractivity contribution is 0.0691. The molecule has 0 amide bonds. The Balaban J connectivity index is 1.72. The summed E-state index contributed by atoms with van der Waals surface area (Å²) in [5.41, 5.74) is 4.94. The molecule has 0 fully saturated rings. The van der Waals surface area contributed by atoms with E-state index in [-0.39, 0.29) is 5.69 Å². The summed E-state index contributed by atoms with van der Waals surface area (Å²) in [7, 11) is 0. The van der Waals surface area contributed by atoms with E-state index in [0.29, 0.717) is 11.3 Å². The van der Waals surface area contributed by atoms with Crippen LogP contribution in [0.1, 0.15) is 10.5 Å². The number of nitrogens with one attached hydrogen (secondary N) is 2. The predicted octanol–water partition coefficient (Wildman–Crippen LogP) is 2.71. The molecule has 0 aliphatic heterocycles. The van der Waals surface area contributed by atoms with Crippen LogP contribution >= 0.6 is 0 Å². The fraction of sp³-hybridized carbons (Fsp3) is 0. The van der Waals surface area contributed by atoms with Crippen molar-refractivity contribution in [2.75, 3.05) is 0 Å². The Morgan fingerprint density at radius 2 is 1.74 bits per heavy atom. The van der Waals surface area contributed by atoms with Crippen molar-refractivity contribution < 1.29 is 9.90 Å². The molecule has 2 aromatic heterocycles. The molecule has 0 saturated carbocycles. The lowest BCUT2D eigenvalue weighted by atomic mass is 10.0. The summed E-state index contributed by atoms with van der Waals surface area (Å²) in [5.74, 6) is -1.09. The van der Waals surface area contributed by atoms with Crippen LogP contribution in [-0.4, -0.2) is 36.5 Å². The van der Waals surface area contributed by atoms with Crippen molar-refractivity contribution in [3.63, 3.8) is 0 Å². The van der Waals surface area contributed by atoms with Crippen molar-refractivity contribution in [3.05, 3.63) is 54.5 Å². The van der Waals surface area contributed by atoms with Gasteiger partial charge < -0.3 is 10.1 Å². The van der Waals surface area contributed by atoms with Gasteiger partial charge in [0.2, 0.25) is 0 Å². The molecule has 23 heavy (non-hydrogen) atoms. The van der Waals surface area contributed by atoms with E-state index in [1.807, 2.05) is 42.5 Å². The first-order valence-electron chi connectivity index (χ1n) is 6.90. The number of carboxylic acid groups (broad SMARTS) is 1. The van der Waals surface area contributed by atoms with Crippen molar-refractivity contribution in [3.8, 4) is 22.4 Å². The van der Waals surface area contributed by atoms with E-state index in [1.165, 1.54) is 0 Å². The molecule has 0 saturated heterocycles. The predicted molar refractivity (Wildman–Crippen MR) is 83.9 cm³/mol. The van der Waals surface area contributed by atoms with Gasteiger partial charge in [0, 0.05) is 5.56 Å². The minimum absolute atomic E-state index is 0.0179. The Bertz CT molecular complexity index is 1000. The first-order valence-corrected chi connectivity index (χ1v) is 6.90. The molecule has 0 aliphatic rings. The number of aromatic carboxylic acids is 1. The summed E-state index contributed by atoms with van der Waals surface area (Å²) in [6.07, 6.45) is 1.66. The average Bonchev–Trinajstić information content (AvgIpc) is 3.23. The molecule has 0 unspecified atom stereocenters. The number of fused-ring (bicyclic) bond motifs is 1. The lowest BCUT2D eigenvalue weighted by Crippen LogP contribution is -1.99. The van der Waals surface area contributed by atoms with Gasteiger partial charge in [-0.1, -0.05) is 35.5 Å². The number of H-pyrrole nitrogens is 2. The number of aromatic amines is 2. The Hall–Kier alpha value is -3.48. The van der Waals surface area contributed by atoms with Crippen LogP contribution in [0.15, 0.2) is 48.8 Å². The SMILES string of the molecule is O=C(O)c1[nH]nnc1-c1ccc(-c2ccc3[nH]cnc3c2)cc1. The Morgan fingerprint density at radius 3 is 2.52 bits per heavy atom. The van der Waals surface area contributed by atoms with Crippen molar-refractivity contribution in [1.29, 1.82) is 0 Å². The van der Waals surface area contributed by atoms with Gasteiger partial charge in [-0.05, 0) is 23.3 Å². The van der Waals surface area contributed by atoms with Gasteiger partial charge in [-0.2, -0.15) is 0 Å². The zero-order valence-electron chi connectivity index (χ0n) is 11.8. The van der Waals surface area contributed by atoms with E-state index in [0.717, 1.165) is 22.2 Å². The molecule has 0 radical (unpaired) electrons. The number of rotatable bonds is 3. The third-order valence-corrected chi connectivity index (χ3v) is 3.68. The lowest BCUT2D eigenvalue weighted by Gasteiger charge is -2.04. The molecule has 3 N–H and O–H groups in total. The zero-order chi connectivity index (χ0) is 15.8. The van der Waals surface area contributed by atoms with E-state index in [4.69, 9.17) is 5.11 Å². The van der Waals surface area contributed by atoms with E-state index in [1.54, 1.807) is 6.33 Å². The second kappa shape index (κ2) is 5.06. The van der Waals surface area contributed by atoms with Gasteiger partial charge in [-0.15, -0.1) is 5.10 Å². The topological polar surface area (TPSA) is 108 Å². The molecule has 4 aromatic rings. The fourth-order valence-corrected chi connectivity index (χ4v) is 2.51. The summed E-state index contributed by atoms with van der Waals surface area (Å²) in [4.78, 5) is 18.4. The number of nitrogens with zero attached hydrogens (tertiary/aromatic N) is 3. The molecule has 112 valence electrons. The monoisotopic (exact) mass is 305 g/mol. The molecule has 7 nitrogen and oxygen atoms in total. The molecular formula is C16H11N5O2. The smallest absolute Gasteiger partial charge is 0.356 e. The average molecular weight is 305 g/mol. The normalized spacial score (nSPS) is 11.0. The molecule has 0 bridgehead atoms. The second-order valence-electron chi connectivity index (χ2n) is 5.05. The number of aromatic nitrogens is 5. The van der Waals surface area contributed by atoms with E-state index < -0.39 is 5.97 Å². The van der Waals surface area contributed by atoms with Crippen LogP contribution in [0.2, 0.25) is 0 Å². The summed E-state index contributed by atoms with van der Waals surface area (Å²) >= 11 is 0. The fourth-order valence-electron chi connectivity index (χ4n) is 2.51. The minimum Gasteiger partial charge on any atom is -0.476 e. The van der Waals surface area contributed by atoms with Crippen molar-refractivity contribution in [2.45, 2.75) is 0 Å². The Kier molecular flexibility index (Phi) is 2.90. The van der Waals surface area contributed by atoms with Crippen molar-refractivity contribution in [2.24, 2.45) is 0 Å². The van der Waals surface area contributed by atoms with Crippen LogP contribution in [0.4, 0.5) is 0 Å². The summed E-state index contributed by atoms with van der Waals surface area (Å²) in [6.45, 7) is 0. The first-order chi connectivity index (χ1) is 11.2. The molecule has 0 spiro atoms. The van der Waals surface area contributed by atoms with Crippen LogP contribution in [0.25, 0.3) is 33.4 Å². The maximum atomic E-state index is 11.1. The van der Waals surface area contributed by atoms with Crippen molar-refractivity contribution >= 4 is 17.0 Å². The minimum atomic E-state index is -1.09. The standard InChI is InChI=1S/C16H11N5O2/c22-16(23)15-14(19-21-20-15)10-3-1-9(2-4-10)11-5-6-12-13(7-11)18-8-17-12/h1-8H,(H,17,18)(H,22,23)(H,19,20,21). The molecular weight excluding hydrogens is 294 g/mol. The molecule has 0 atom stereocenters. The van der Waals surface area contributed by atoms with E-state index in [2.05, 4.69) is 25.4 Å². The van der Waals surface area contributed by atoms with Gasteiger partial charge in [-0.25, -0.2) is 9.78 Å². The highest BCUT2D eigenvalue weighted by Gasteiger charge is 2.15. The van der Waals surface area contributed by atoms with E-state index >= 15 is 0 Å². The van der Waals surface area contributed by atoms with Gasteiger partial charge in [0.25, 0.3) is 0 Å². The second-order valence-corrected chi connectivity index (χ2v) is 5.05. The number of hydrogen-bond donors (Lipinski definition) is 3. The van der Waals surface area contributed by atoms with Gasteiger partial charge in [0.1, 0.15) is 5.69 Å². The first kappa shape index (κ1) is 13.2. The highest BCUT2D eigenvalue weighted by Crippen LogP contribution is 2.26. The Labute approximate surface area is 130 Å². The number of benzene rings is 2. The van der Waals surface area contributed by atoms with E-state index in [9.17, 15) is 4.79 Å². The third-order valence-electron chi connectivity index (χ3n) is 3.68. The highest BCUT2D eigenvalue weighted by molar-refractivity contribution is 5.92. The number of carboxylic acids is 1. The zero-order valence-corrected chi connectivity index (χ0v) is 11.8. The number of imidazole rings is 1. The third kappa shape index (κ3) is 2.24. The quantitative estimate of drug-likeness (QED) is 0.539. The van der Waals surface area contributed by atoms with Gasteiger partial charge in [0.05, 0.1) is 17.4 Å². The van der Waals surface area contributed by atoms with Crippen LogP contribution in [0.5, 0.6) is 0 Å².